The summed E-state index contributed by atoms with van der Waals surface area (Å²) < 4.78 is 13.0. The minimum Gasteiger partial charge on any atom is -0.497 e. The molecule has 5 rings (SSSR count). The van der Waals surface area contributed by atoms with E-state index in [-0.39, 0.29) is 12.2 Å². The second kappa shape index (κ2) is 10.6. The first-order chi connectivity index (χ1) is 18.0. The van der Waals surface area contributed by atoms with Crippen LogP contribution in [0.4, 0.5) is 0 Å². The maximum absolute atomic E-state index is 13.8. The minimum absolute atomic E-state index is 0.191. The molecule has 1 aromatic heterocycles. The Morgan fingerprint density at radius 3 is 2.54 bits per heavy atom. The summed E-state index contributed by atoms with van der Waals surface area (Å²) >= 11 is 7.31. The van der Waals surface area contributed by atoms with E-state index >= 15 is 0 Å². The Bertz CT molecular complexity index is 1670. The van der Waals surface area contributed by atoms with Gasteiger partial charge < -0.3 is 9.47 Å². The van der Waals surface area contributed by atoms with Gasteiger partial charge in [0.25, 0.3) is 5.56 Å². The summed E-state index contributed by atoms with van der Waals surface area (Å²) in [5, 5.41) is 0.614. The molecule has 2 heterocycles. The molecule has 0 spiro atoms. The lowest BCUT2D eigenvalue weighted by Gasteiger charge is -2.26. The highest BCUT2D eigenvalue weighted by Gasteiger charge is 2.35. The Morgan fingerprint density at radius 2 is 1.84 bits per heavy atom. The lowest BCUT2D eigenvalue weighted by atomic mass is 9.93. The van der Waals surface area contributed by atoms with E-state index in [1.54, 1.807) is 36.8 Å². The Morgan fingerprint density at radius 1 is 1.08 bits per heavy atom. The normalized spacial score (nSPS) is 15.2. The standard InChI is InChI=1S/C29H23ClN2O4S/c1-3-36-28(34)24-25(19-8-5-4-6-9-19)31-29-32(26(24)20-10-7-11-22(17-20)35-2)27(33)23(37-29)16-18-12-14-21(30)15-13-18/h4-17,26H,3H2,1-2H3/b23-16+/t26-/m1/s1. The van der Waals surface area contributed by atoms with Crippen LogP contribution >= 0.6 is 22.9 Å². The van der Waals surface area contributed by atoms with Crippen LogP contribution in [0.15, 0.2) is 94.2 Å². The molecule has 4 aromatic rings. The molecule has 0 radical (unpaired) electrons. The fourth-order valence-electron chi connectivity index (χ4n) is 4.28. The molecule has 37 heavy (non-hydrogen) atoms. The van der Waals surface area contributed by atoms with E-state index in [0.29, 0.717) is 36.9 Å². The van der Waals surface area contributed by atoms with Gasteiger partial charge >= 0.3 is 5.97 Å². The summed E-state index contributed by atoms with van der Waals surface area (Å²) in [4.78, 5) is 32.6. The number of nitrogens with zero attached hydrogens (tertiary/aromatic N) is 2. The number of fused-ring (bicyclic) bond motifs is 1. The zero-order valence-corrected chi connectivity index (χ0v) is 21.8. The highest BCUT2D eigenvalue weighted by atomic mass is 35.5. The maximum Gasteiger partial charge on any atom is 0.338 e. The number of esters is 1. The van der Waals surface area contributed by atoms with Crippen molar-refractivity contribution >= 4 is 40.7 Å². The van der Waals surface area contributed by atoms with Gasteiger partial charge in [0.05, 0.1) is 35.6 Å². The molecule has 3 aromatic carbocycles. The predicted molar refractivity (Wildman–Crippen MR) is 146 cm³/mol. The molecule has 1 aliphatic rings. The van der Waals surface area contributed by atoms with Gasteiger partial charge in [0.2, 0.25) is 0 Å². The molecular formula is C29H23ClN2O4S. The molecule has 0 N–H and O–H groups in total. The van der Waals surface area contributed by atoms with Gasteiger partial charge in [-0.1, -0.05) is 77.5 Å². The van der Waals surface area contributed by atoms with Crippen molar-refractivity contribution in [3.8, 4) is 5.75 Å². The van der Waals surface area contributed by atoms with E-state index < -0.39 is 12.0 Å². The SMILES string of the molecule is CCOC(=O)C1=C(c2ccccc2)N=c2s/c(=C/c3ccc(Cl)cc3)c(=O)n2[C@@H]1c1cccc(OC)c1. The molecule has 1 atom stereocenters. The maximum atomic E-state index is 13.8. The number of carbonyl (C=O) groups is 1. The van der Waals surface area contributed by atoms with E-state index in [0.717, 1.165) is 11.1 Å². The molecule has 8 heteroatoms. The largest absolute Gasteiger partial charge is 0.497 e. The molecule has 186 valence electrons. The third kappa shape index (κ3) is 4.88. The van der Waals surface area contributed by atoms with Crippen LogP contribution in [0.2, 0.25) is 5.02 Å². The number of halogens is 1. The van der Waals surface area contributed by atoms with Crippen LogP contribution in [-0.2, 0) is 9.53 Å². The van der Waals surface area contributed by atoms with Crippen LogP contribution in [0.5, 0.6) is 5.75 Å². The number of rotatable bonds is 6. The second-order valence-corrected chi connectivity index (χ2v) is 9.71. The number of carbonyl (C=O) groups excluding carboxylic acids is 1. The molecular weight excluding hydrogens is 508 g/mol. The summed E-state index contributed by atoms with van der Waals surface area (Å²) in [6.07, 6.45) is 1.80. The van der Waals surface area contributed by atoms with E-state index in [2.05, 4.69) is 0 Å². The number of methoxy groups -OCH3 is 1. The molecule has 0 saturated carbocycles. The van der Waals surface area contributed by atoms with Crippen LogP contribution in [0.3, 0.4) is 0 Å². The summed E-state index contributed by atoms with van der Waals surface area (Å²) in [5.74, 6) is 0.0900. The average Bonchev–Trinajstić information content (AvgIpc) is 3.24. The lowest BCUT2D eigenvalue weighted by molar-refractivity contribution is -0.138. The smallest absolute Gasteiger partial charge is 0.338 e. The highest BCUT2D eigenvalue weighted by Crippen LogP contribution is 2.36. The van der Waals surface area contributed by atoms with Gasteiger partial charge in [-0.15, -0.1) is 0 Å². The fourth-order valence-corrected chi connectivity index (χ4v) is 5.40. The fraction of sp³-hybridized carbons (Fsp3) is 0.138. The topological polar surface area (TPSA) is 69.9 Å². The monoisotopic (exact) mass is 530 g/mol. The molecule has 0 unspecified atom stereocenters. The Hall–Kier alpha value is -3.94. The zero-order valence-electron chi connectivity index (χ0n) is 20.2. The third-order valence-electron chi connectivity index (χ3n) is 5.95. The molecule has 0 fully saturated rings. The predicted octanol–water partition coefficient (Wildman–Crippen LogP) is 4.60. The van der Waals surface area contributed by atoms with Crippen molar-refractivity contribution in [3.63, 3.8) is 0 Å². The van der Waals surface area contributed by atoms with Crippen molar-refractivity contribution in [2.75, 3.05) is 13.7 Å². The number of thiazole rings is 1. The van der Waals surface area contributed by atoms with Gasteiger partial charge in [0.1, 0.15) is 5.75 Å². The first-order valence-electron chi connectivity index (χ1n) is 11.7. The van der Waals surface area contributed by atoms with Crippen molar-refractivity contribution in [2.24, 2.45) is 4.99 Å². The van der Waals surface area contributed by atoms with Crippen molar-refractivity contribution in [1.29, 1.82) is 0 Å². The number of ether oxygens (including phenoxy) is 2. The number of hydrogen-bond donors (Lipinski definition) is 0. The third-order valence-corrected chi connectivity index (χ3v) is 7.19. The Labute approximate surface area is 222 Å². The van der Waals surface area contributed by atoms with Gasteiger partial charge in [-0.25, -0.2) is 9.79 Å². The minimum atomic E-state index is -0.757. The molecule has 0 saturated heterocycles. The van der Waals surface area contributed by atoms with Crippen LogP contribution in [0.25, 0.3) is 11.8 Å². The molecule has 0 bridgehead atoms. The lowest BCUT2D eigenvalue weighted by Crippen LogP contribution is -2.40. The average molecular weight is 531 g/mol. The van der Waals surface area contributed by atoms with Gasteiger partial charge in [0, 0.05) is 10.6 Å². The quantitative estimate of drug-likeness (QED) is 0.342. The van der Waals surface area contributed by atoms with Crippen molar-refractivity contribution in [3.05, 3.63) is 126 Å². The van der Waals surface area contributed by atoms with Crippen LogP contribution < -0.4 is 19.6 Å². The van der Waals surface area contributed by atoms with Crippen LogP contribution in [0, 0.1) is 0 Å². The second-order valence-electron chi connectivity index (χ2n) is 8.26. The number of aromatic nitrogens is 1. The van der Waals surface area contributed by atoms with Crippen molar-refractivity contribution < 1.29 is 14.3 Å². The van der Waals surface area contributed by atoms with Crippen LogP contribution in [-0.4, -0.2) is 24.3 Å². The zero-order chi connectivity index (χ0) is 25.9. The molecule has 6 nitrogen and oxygen atoms in total. The van der Waals surface area contributed by atoms with Gasteiger partial charge in [0.15, 0.2) is 4.80 Å². The van der Waals surface area contributed by atoms with Crippen molar-refractivity contribution in [1.82, 2.24) is 4.57 Å². The summed E-state index contributed by atoms with van der Waals surface area (Å²) in [6, 6.07) is 23.3. The van der Waals surface area contributed by atoms with Crippen LogP contribution in [0.1, 0.15) is 29.7 Å². The molecule has 0 amide bonds. The van der Waals surface area contributed by atoms with E-state index in [1.807, 2.05) is 66.7 Å². The van der Waals surface area contributed by atoms with Crippen molar-refractivity contribution in [2.45, 2.75) is 13.0 Å². The van der Waals surface area contributed by atoms with Gasteiger partial charge in [-0.2, -0.15) is 0 Å². The van der Waals surface area contributed by atoms with E-state index in [4.69, 9.17) is 26.1 Å². The summed E-state index contributed by atoms with van der Waals surface area (Å²) in [5.41, 5.74) is 2.83. The van der Waals surface area contributed by atoms with Gasteiger partial charge in [-0.3, -0.25) is 9.36 Å². The summed E-state index contributed by atoms with van der Waals surface area (Å²) in [6.45, 7) is 1.94. The highest BCUT2D eigenvalue weighted by molar-refractivity contribution is 7.07. The van der Waals surface area contributed by atoms with Gasteiger partial charge in [-0.05, 0) is 48.4 Å². The van der Waals surface area contributed by atoms with E-state index in [1.165, 1.54) is 11.3 Å². The summed E-state index contributed by atoms with van der Waals surface area (Å²) in [7, 11) is 1.58. The Balaban J connectivity index is 1.83. The molecule has 0 aliphatic carbocycles. The first kappa shape index (κ1) is 24.7. The molecule has 1 aliphatic heterocycles. The van der Waals surface area contributed by atoms with E-state index in [9.17, 15) is 9.59 Å². The number of benzene rings is 3. The Kier molecular flexibility index (Phi) is 7.08. The first-order valence-corrected chi connectivity index (χ1v) is 12.9. The number of hydrogen-bond acceptors (Lipinski definition) is 6.